The van der Waals surface area contributed by atoms with E-state index in [0.717, 1.165) is 32.6 Å². The van der Waals surface area contributed by atoms with Gasteiger partial charge in [-0.3, -0.25) is 4.79 Å². The van der Waals surface area contributed by atoms with Gasteiger partial charge in [-0.15, -0.1) is 0 Å². The van der Waals surface area contributed by atoms with Crippen LogP contribution in [0.25, 0.3) is 0 Å². The fraction of sp³-hybridized carbons (Fsp3) is 0.588. The average Bonchev–Trinajstić information content (AvgIpc) is 2.45. The summed E-state index contributed by atoms with van der Waals surface area (Å²) >= 11 is 0. The summed E-state index contributed by atoms with van der Waals surface area (Å²) in [5.74, 6) is 0.806. The van der Waals surface area contributed by atoms with Crippen molar-refractivity contribution >= 4 is 5.91 Å². The smallest absolute Gasteiger partial charge is 0.226 e. The van der Waals surface area contributed by atoms with Gasteiger partial charge in [-0.05, 0) is 24.9 Å². The molecule has 0 bridgehead atoms. The molecule has 2 rings (SSSR count). The Labute approximate surface area is 122 Å². The van der Waals surface area contributed by atoms with E-state index in [2.05, 4.69) is 37.9 Å². The van der Waals surface area contributed by atoms with Gasteiger partial charge in [0, 0.05) is 32.1 Å². The lowest BCUT2D eigenvalue weighted by Gasteiger charge is -2.35. The van der Waals surface area contributed by atoms with Gasteiger partial charge in [0.1, 0.15) is 0 Å². The number of carbonyl (C=O) groups excluding carboxylic acids is 1. The number of nitrogens with zero attached hydrogens (tertiary/aromatic N) is 2. The van der Waals surface area contributed by atoms with Crippen LogP contribution in [0, 0.1) is 11.8 Å². The van der Waals surface area contributed by atoms with E-state index in [0.29, 0.717) is 11.8 Å². The Morgan fingerprint density at radius 1 is 1.10 bits per heavy atom. The van der Waals surface area contributed by atoms with Gasteiger partial charge in [-0.1, -0.05) is 44.2 Å². The number of benzene rings is 1. The highest BCUT2D eigenvalue weighted by Crippen LogP contribution is 2.20. The van der Waals surface area contributed by atoms with Crippen LogP contribution < -0.4 is 0 Å². The second-order valence-electron chi connectivity index (χ2n) is 6.17. The number of piperazine rings is 1. The first-order valence-electron chi connectivity index (χ1n) is 7.59. The van der Waals surface area contributed by atoms with Gasteiger partial charge < -0.3 is 9.80 Å². The van der Waals surface area contributed by atoms with Crippen LogP contribution in [0.5, 0.6) is 0 Å². The monoisotopic (exact) mass is 274 g/mol. The van der Waals surface area contributed by atoms with Gasteiger partial charge in [-0.2, -0.15) is 0 Å². The average molecular weight is 274 g/mol. The van der Waals surface area contributed by atoms with Crippen molar-refractivity contribution in [3.63, 3.8) is 0 Å². The van der Waals surface area contributed by atoms with Crippen molar-refractivity contribution in [2.45, 2.75) is 20.3 Å². The Bertz CT molecular complexity index is 422. The molecule has 20 heavy (non-hydrogen) atoms. The molecule has 1 heterocycles. The second-order valence-corrected chi connectivity index (χ2v) is 6.17. The van der Waals surface area contributed by atoms with Gasteiger partial charge in [0.2, 0.25) is 5.91 Å². The molecule has 1 aliphatic heterocycles. The van der Waals surface area contributed by atoms with Gasteiger partial charge in [0.05, 0.1) is 0 Å². The fourth-order valence-corrected chi connectivity index (χ4v) is 2.74. The van der Waals surface area contributed by atoms with E-state index in [1.807, 2.05) is 23.1 Å². The largest absolute Gasteiger partial charge is 0.340 e. The van der Waals surface area contributed by atoms with Crippen LogP contribution in [-0.2, 0) is 11.2 Å². The molecular weight excluding hydrogens is 248 g/mol. The van der Waals surface area contributed by atoms with Gasteiger partial charge >= 0.3 is 0 Å². The molecule has 1 fully saturated rings. The zero-order valence-corrected chi connectivity index (χ0v) is 12.9. The summed E-state index contributed by atoms with van der Waals surface area (Å²) in [5.41, 5.74) is 1.26. The van der Waals surface area contributed by atoms with Crippen molar-refractivity contribution in [3.8, 4) is 0 Å². The van der Waals surface area contributed by atoms with E-state index in [-0.39, 0.29) is 5.92 Å². The molecule has 110 valence electrons. The summed E-state index contributed by atoms with van der Waals surface area (Å²) in [6.45, 7) is 8.02. The SMILES string of the molecule is CC(C)C(Cc1ccccc1)C(=O)N1CCN(C)CC1. The standard InChI is InChI=1S/C17H26N2O/c1-14(2)16(13-15-7-5-4-6-8-15)17(20)19-11-9-18(3)10-12-19/h4-8,14,16H,9-13H2,1-3H3. The Kier molecular flexibility index (Phi) is 5.18. The predicted molar refractivity (Wildman–Crippen MR) is 82.6 cm³/mol. The minimum absolute atomic E-state index is 0.0980. The first kappa shape index (κ1) is 15.0. The molecule has 1 atom stereocenters. The van der Waals surface area contributed by atoms with Gasteiger partial charge in [0.25, 0.3) is 0 Å². The van der Waals surface area contributed by atoms with E-state index in [1.54, 1.807) is 0 Å². The number of carbonyl (C=O) groups is 1. The summed E-state index contributed by atoms with van der Waals surface area (Å²) in [4.78, 5) is 17.1. The van der Waals surface area contributed by atoms with E-state index < -0.39 is 0 Å². The number of hydrogen-bond acceptors (Lipinski definition) is 2. The Morgan fingerprint density at radius 3 is 2.25 bits per heavy atom. The molecule has 0 aromatic heterocycles. The van der Waals surface area contributed by atoms with Crippen molar-refractivity contribution in [1.29, 1.82) is 0 Å². The molecule has 1 saturated heterocycles. The quantitative estimate of drug-likeness (QED) is 0.841. The Hall–Kier alpha value is -1.35. The van der Waals surface area contributed by atoms with Crippen LogP contribution in [0.15, 0.2) is 30.3 Å². The first-order chi connectivity index (χ1) is 9.58. The topological polar surface area (TPSA) is 23.6 Å². The third-order valence-corrected chi connectivity index (χ3v) is 4.24. The maximum absolute atomic E-state index is 12.8. The van der Waals surface area contributed by atoms with Crippen molar-refractivity contribution in [1.82, 2.24) is 9.80 Å². The predicted octanol–water partition coefficient (Wildman–Crippen LogP) is 2.28. The maximum Gasteiger partial charge on any atom is 0.226 e. The van der Waals surface area contributed by atoms with E-state index in [9.17, 15) is 4.79 Å². The summed E-state index contributed by atoms with van der Waals surface area (Å²) in [5, 5.41) is 0. The highest BCUT2D eigenvalue weighted by atomic mass is 16.2. The molecule has 3 nitrogen and oxygen atoms in total. The highest BCUT2D eigenvalue weighted by Gasteiger charge is 2.28. The molecule has 1 unspecified atom stereocenters. The van der Waals surface area contributed by atoms with Crippen LogP contribution in [0.2, 0.25) is 0 Å². The number of rotatable bonds is 4. The molecule has 0 N–H and O–H groups in total. The molecule has 0 radical (unpaired) electrons. The summed E-state index contributed by atoms with van der Waals surface area (Å²) in [6.07, 6.45) is 0.851. The summed E-state index contributed by atoms with van der Waals surface area (Å²) in [6, 6.07) is 10.4. The van der Waals surface area contributed by atoms with E-state index in [1.165, 1.54) is 5.56 Å². The van der Waals surface area contributed by atoms with Crippen LogP contribution in [0.4, 0.5) is 0 Å². The van der Waals surface area contributed by atoms with Gasteiger partial charge in [-0.25, -0.2) is 0 Å². The molecule has 1 amide bonds. The normalized spacial score (nSPS) is 18.3. The van der Waals surface area contributed by atoms with Crippen molar-refractivity contribution < 1.29 is 4.79 Å². The lowest BCUT2D eigenvalue weighted by Crippen LogP contribution is -2.50. The Balaban J connectivity index is 2.03. The summed E-state index contributed by atoms with van der Waals surface area (Å²) < 4.78 is 0. The Morgan fingerprint density at radius 2 is 1.70 bits per heavy atom. The van der Waals surface area contributed by atoms with E-state index in [4.69, 9.17) is 0 Å². The minimum atomic E-state index is 0.0980. The highest BCUT2D eigenvalue weighted by molar-refractivity contribution is 5.79. The molecule has 3 heteroatoms. The third-order valence-electron chi connectivity index (χ3n) is 4.24. The third kappa shape index (κ3) is 3.83. The van der Waals surface area contributed by atoms with Gasteiger partial charge in [0.15, 0.2) is 0 Å². The molecule has 0 saturated carbocycles. The van der Waals surface area contributed by atoms with Crippen LogP contribution in [0.1, 0.15) is 19.4 Å². The molecule has 0 aliphatic carbocycles. The van der Waals surface area contributed by atoms with Crippen LogP contribution >= 0.6 is 0 Å². The molecule has 0 spiro atoms. The van der Waals surface area contributed by atoms with Crippen molar-refractivity contribution in [2.24, 2.45) is 11.8 Å². The number of amides is 1. The number of hydrogen-bond donors (Lipinski definition) is 0. The second kappa shape index (κ2) is 6.89. The molecule has 1 aromatic rings. The minimum Gasteiger partial charge on any atom is -0.340 e. The summed E-state index contributed by atoms with van der Waals surface area (Å²) in [7, 11) is 2.12. The van der Waals surface area contributed by atoms with E-state index >= 15 is 0 Å². The molecule has 1 aromatic carbocycles. The van der Waals surface area contributed by atoms with Crippen molar-refractivity contribution in [2.75, 3.05) is 33.2 Å². The fourth-order valence-electron chi connectivity index (χ4n) is 2.74. The molecule has 1 aliphatic rings. The lowest BCUT2D eigenvalue weighted by molar-refractivity contribution is -0.138. The van der Waals surface area contributed by atoms with Crippen LogP contribution in [-0.4, -0.2) is 48.9 Å². The van der Waals surface area contributed by atoms with Crippen LogP contribution in [0.3, 0.4) is 0 Å². The lowest BCUT2D eigenvalue weighted by atomic mass is 9.88. The molecular formula is C17H26N2O. The zero-order valence-electron chi connectivity index (χ0n) is 12.9. The first-order valence-corrected chi connectivity index (χ1v) is 7.59. The van der Waals surface area contributed by atoms with Crippen molar-refractivity contribution in [3.05, 3.63) is 35.9 Å². The zero-order chi connectivity index (χ0) is 14.5. The maximum atomic E-state index is 12.8. The number of likely N-dealkylation sites (N-methyl/N-ethyl adjacent to an activating group) is 1.